The van der Waals surface area contributed by atoms with Gasteiger partial charge in [-0.3, -0.25) is 19.3 Å². The summed E-state index contributed by atoms with van der Waals surface area (Å²) in [6, 6.07) is 10.8. The first-order valence-corrected chi connectivity index (χ1v) is 15.2. The van der Waals surface area contributed by atoms with E-state index in [0.29, 0.717) is 50.0 Å². The first-order valence-electron chi connectivity index (χ1n) is 15.2. The Kier molecular flexibility index (Phi) is 11.6. The predicted molar refractivity (Wildman–Crippen MR) is 168 cm³/mol. The lowest BCUT2D eigenvalue weighted by molar-refractivity contribution is -0.135. The fraction of sp³-hybridized carbons (Fsp3) is 0.515. The molecule has 3 amide bonds. The summed E-state index contributed by atoms with van der Waals surface area (Å²) in [6.07, 6.45) is 4.69. The molecule has 238 valence electrons. The van der Waals surface area contributed by atoms with Crippen LogP contribution in [0.2, 0.25) is 0 Å². The Bertz CT molecular complexity index is 1330. The smallest absolute Gasteiger partial charge is 0.256 e. The maximum absolute atomic E-state index is 14.8. The number of nitrogens with two attached hydrogens (primary N) is 1. The molecule has 0 bridgehead atoms. The summed E-state index contributed by atoms with van der Waals surface area (Å²) in [5, 5.41) is 11.9. The number of piperazine rings is 1. The molecule has 11 heteroatoms. The van der Waals surface area contributed by atoms with Crippen LogP contribution in [0.4, 0.5) is 4.39 Å². The Balaban J connectivity index is 0.00000442. The van der Waals surface area contributed by atoms with Crippen LogP contribution < -0.4 is 11.1 Å². The summed E-state index contributed by atoms with van der Waals surface area (Å²) in [6.45, 7) is 5.49. The number of hydrogen-bond donors (Lipinski definition) is 3. The van der Waals surface area contributed by atoms with E-state index in [9.17, 15) is 18.8 Å². The largest absolute Gasteiger partial charge is 0.375 e. The molecule has 0 unspecified atom stereocenters. The Morgan fingerprint density at radius 1 is 0.864 bits per heavy atom. The van der Waals surface area contributed by atoms with Crippen LogP contribution in [0.5, 0.6) is 0 Å². The molecule has 44 heavy (non-hydrogen) atoms. The van der Waals surface area contributed by atoms with Crippen molar-refractivity contribution in [3.63, 3.8) is 0 Å². The van der Waals surface area contributed by atoms with Crippen LogP contribution in [-0.4, -0.2) is 109 Å². The topological polar surface area (TPSA) is 132 Å². The van der Waals surface area contributed by atoms with Crippen LogP contribution in [0.25, 0.3) is 0 Å². The highest BCUT2D eigenvalue weighted by atomic mass is 19.1. The number of benzene rings is 2. The molecule has 2 aromatic rings. The third kappa shape index (κ3) is 8.28. The van der Waals surface area contributed by atoms with Crippen LogP contribution in [0, 0.1) is 11.2 Å². The average Bonchev–Trinajstić information content (AvgIpc) is 3.03. The minimum absolute atomic E-state index is 0. The molecular weight excluding hydrogens is 563 g/mol. The van der Waals surface area contributed by atoms with Gasteiger partial charge in [-0.1, -0.05) is 31.7 Å². The Morgan fingerprint density at radius 3 is 2.14 bits per heavy atom. The molecule has 3 fully saturated rings. The first kappa shape index (κ1) is 33.2. The maximum Gasteiger partial charge on any atom is 0.256 e. The number of carbonyl (C=O) groups is 3. The van der Waals surface area contributed by atoms with Gasteiger partial charge in [-0.15, -0.1) is 0 Å². The van der Waals surface area contributed by atoms with Gasteiger partial charge in [-0.05, 0) is 62.5 Å². The van der Waals surface area contributed by atoms with Crippen LogP contribution in [0.3, 0.4) is 0 Å². The molecule has 0 aliphatic carbocycles. The van der Waals surface area contributed by atoms with Crippen molar-refractivity contribution in [3.05, 3.63) is 70.5 Å². The highest BCUT2D eigenvalue weighted by molar-refractivity contribution is 6.09. The molecule has 4 N–H and O–H groups in total. The lowest BCUT2D eigenvalue weighted by Gasteiger charge is -2.38. The minimum atomic E-state index is -0.635. The number of piperidine rings is 2. The van der Waals surface area contributed by atoms with Crippen molar-refractivity contribution >= 4 is 23.4 Å². The molecule has 5 rings (SSSR count). The molecule has 0 saturated carbocycles. The Labute approximate surface area is 259 Å². The number of rotatable bonds is 9. The quantitative estimate of drug-likeness (QED) is 0.375. The SMILES string of the molecule is C.N=C(Cc1ccc(F)c(C(=O)N2CCN(C(=O)CN3CCC(OC4CCNCC4)CC3)CC2)c1)c1ccccc1C(N)=O. The van der Waals surface area contributed by atoms with Crippen molar-refractivity contribution in [2.75, 3.05) is 58.9 Å². The van der Waals surface area contributed by atoms with Crippen LogP contribution >= 0.6 is 0 Å². The van der Waals surface area contributed by atoms with Crippen molar-refractivity contribution in [3.8, 4) is 0 Å². The Hall–Kier alpha value is -3.67. The molecule has 3 saturated heterocycles. The number of likely N-dealkylation sites (tertiary alicyclic amines) is 1. The molecule has 3 aliphatic heterocycles. The number of nitrogens with one attached hydrogen (secondary N) is 2. The number of ether oxygens (including phenoxy) is 1. The zero-order valence-electron chi connectivity index (χ0n) is 24.5. The second kappa shape index (κ2) is 15.4. The van der Waals surface area contributed by atoms with Gasteiger partial charge in [0.1, 0.15) is 5.82 Å². The second-order valence-corrected chi connectivity index (χ2v) is 11.6. The lowest BCUT2D eigenvalue weighted by Crippen LogP contribution is -2.53. The summed E-state index contributed by atoms with van der Waals surface area (Å²) >= 11 is 0. The zero-order valence-corrected chi connectivity index (χ0v) is 24.5. The summed E-state index contributed by atoms with van der Waals surface area (Å²) in [4.78, 5) is 43.6. The third-order valence-corrected chi connectivity index (χ3v) is 8.64. The van der Waals surface area contributed by atoms with Crippen molar-refractivity contribution in [2.45, 2.75) is 51.7 Å². The van der Waals surface area contributed by atoms with Crippen LogP contribution in [0.15, 0.2) is 42.5 Å². The fourth-order valence-electron chi connectivity index (χ4n) is 6.13. The maximum atomic E-state index is 14.8. The van der Waals surface area contributed by atoms with Gasteiger partial charge in [0.25, 0.3) is 5.91 Å². The van der Waals surface area contributed by atoms with Gasteiger partial charge in [0, 0.05) is 62.5 Å². The summed E-state index contributed by atoms with van der Waals surface area (Å²) < 4.78 is 21.1. The van der Waals surface area contributed by atoms with E-state index in [1.165, 1.54) is 18.2 Å². The second-order valence-electron chi connectivity index (χ2n) is 11.6. The molecule has 0 aromatic heterocycles. The molecular formula is C33H45FN6O4. The predicted octanol–water partition coefficient (Wildman–Crippen LogP) is 2.69. The molecule has 3 heterocycles. The highest BCUT2D eigenvalue weighted by Crippen LogP contribution is 2.21. The van der Waals surface area contributed by atoms with Gasteiger partial charge in [0.2, 0.25) is 11.8 Å². The van der Waals surface area contributed by atoms with Gasteiger partial charge in [0.05, 0.1) is 24.3 Å². The molecule has 0 radical (unpaired) electrons. The summed E-state index contributed by atoms with van der Waals surface area (Å²) in [5.41, 5.74) is 6.75. The van der Waals surface area contributed by atoms with Crippen molar-refractivity contribution in [1.29, 1.82) is 5.41 Å². The van der Waals surface area contributed by atoms with Gasteiger partial charge >= 0.3 is 0 Å². The molecule has 2 aromatic carbocycles. The minimum Gasteiger partial charge on any atom is -0.375 e. The van der Waals surface area contributed by atoms with E-state index in [2.05, 4.69) is 10.2 Å². The number of nitrogens with zero attached hydrogens (tertiary/aromatic N) is 3. The number of hydrogen-bond acceptors (Lipinski definition) is 7. The van der Waals surface area contributed by atoms with Crippen LogP contribution in [0.1, 0.15) is 65.0 Å². The fourth-order valence-corrected chi connectivity index (χ4v) is 6.13. The van der Waals surface area contributed by atoms with E-state index in [0.717, 1.165) is 51.9 Å². The van der Waals surface area contributed by atoms with Gasteiger partial charge in [-0.25, -0.2) is 4.39 Å². The van der Waals surface area contributed by atoms with Gasteiger partial charge in [0.15, 0.2) is 0 Å². The van der Waals surface area contributed by atoms with E-state index in [1.54, 1.807) is 34.1 Å². The molecule has 0 atom stereocenters. The van der Waals surface area contributed by atoms with Gasteiger partial charge in [-0.2, -0.15) is 0 Å². The van der Waals surface area contributed by atoms with Crippen LogP contribution in [-0.2, 0) is 16.0 Å². The standard InChI is InChI=1S/C32H41FN6O4.CH4/c33-28-6-5-22(20-29(34)25-3-1-2-4-26(25)31(35)41)19-27(28)32(42)39-17-15-38(16-18-39)30(40)21-37-13-9-24(10-14-37)43-23-7-11-36-12-8-23;/h1-6,19,23-24,34,36H,7-18,20-21H2,(H2,35,41);1H4. The van der Waals surface area contributed by atoms with E-state index >= 15 is 0 Å². The molecule has 0 spiro atoms. The highest BCUT2D eigenvalue weighted by Gasteiger charge is 2.29. The van der Waals surface area contributed by atoms with Crippen molar-refractivity contribution in [1.82, 2.24) is 20.0 Å². The lowest BCUT2D eigenvalue weighted by atomic mass is 9.96. The van der Waals surface area contributed by atoms with E-state index < -0.39 is 17.6 Å². The number of primary amides is 1. The number of halogens is 1. The normalized spacial score (nSPS) is 18.5. The van der Waals surface area contributed by atoms with E-state index in [4.69, 9.17) is 15.9 Å². The Morgan fingerprint density at radius 2 is 1.48 bits per heavy atom. The van der Waals surface area contributed by atoms with Crippen molar-refractivity contribution in [2.24, 2.45) is 5.73 Å². The number of carbonyl (C=O) groups excluding carboxylic acids is 3. The molecule has 10 nitrogen and oxygen atoms in total. The first-order chi connectivity index (χ1) is 20.8. The van der Waals surface area contributed by atoms with E-state index in [-0.39, 0.29) is 42.7 Å². The van der Waals surface area contributed by atoms with Crippen molar-refractivity contribution < 1.29 is 23.5 Å². The average molecular weight is 609 g/mol. The summed E-state index contributed by atoms with van der Waals surface area (Å²) in [7, 11) is 0. The monoisotopic (exact) mass is 608 g/mol. The number of amides is 3. The van der Waals surface area contributed by atoms with Gasteiger partial charge < -0.3 is 31.0 Å². The third-order valence-electron chi connectivity index (χ3n) is 8.64. The molecule has 3 aliphatic rings. The van der Waals surface area contributed by atoms with E-state index in [1.807, 2.05) is 0 Å². The summed E-state index contributed by atoms with van der Waals surface area (Å²) in [5.74, 6) is -1.65. The zero-order chi connectivity index (χ0) is 30.3.